The van der Waals surface area contributed by atoms with Crippen molar-refractivity contribution in [1.29, 1.82) is 0 Å². The molecule has 0 bridgehead atoms. The standard InChI is InChI=1S/C10H10BrN3/c1-7-5-10(13-6-8(7)11)14-9-3-2-4-12-9/h2-6,12H,1H3,(H,13,14). The van der Waals surface area contributed by atoms with Gasteiger partial charge in [-0.25, -0.2) is 4.98 Å². The Labute approximate surface area is 90.7 Å². The Bertz CT molecular complexity index is 423. The molecule has 2 aromatic heterocycles. The van der Waals surface area contributed by atoms with Crippen LogP contribution in [0, 0.1) is 6.92 Å². The Kier molecular flexibility index (Phi) is 2.54. The maximum atomic E-state index is 4.24. The van der Waals surface area contributed by atoms with E-state index in [4.69, 9.17) is 0 Å². The van der Waals surface area contributed by atoms with Gasteiger partial charge in [0, 0.05) is 16.9 Å². The van der Waals surface area contributed by atoms with E-state index < -0.39 is 0 Å². The van der Waals surface area contributed by atoms with Crippen LogP contribution in [0.25, 0.3) is 0 Å². The summed E-state index contributed by atoms with van der Waals surface area (Å²) in [4.78, 5) is 7.29. The molecule has 2 aromatic rings. The molecule has 2 N–H and O–H groups in total. The van der Waals surface area contributed by atoms with Gasteiger partial charge >= 0.3 is 0 Å². The molecule has 14 heavy (non-hydrogen) atoms. The van der Waals surface area contributed by atoms with Gasteiger partial charge in [0.15, 0.2) is 0 Å². The largest absolute Gasteiger partial charge is 0.348 e. The Balaban J connectivity index is 2.22. The highest BCUT2D eigenvalue weighted by atomic mass is 79.9. The third kappa shape index (κ3) is 1.96. The van der Waals surface area contributed by atoms with Gasteiger partial charge in [-0.3, -0.25) is 0 Å². The van der Waals surface area contributed by atoms with Gasteiger partial charge in [-0.1, -0.05) is 0 Å². The lowest BCUT2D eigenvalue weighted by Crippen LogP contribution is -1.94. The van der Waals surface area contributed by atoms with Gasteiger partial charge in [-0.2, -0.15) is 0 Å². The Morgan fingerprint density at radius 1 is 1.50 bits per heavy atom. The van der Waals surface area contributed by atoms with Gasteiger partial charge in [0.1, 0.15) is 11.6 Å². The quantitative estimate of drug-likeness (QED) is 0.861. The fourth-order valence-electron chi connectivity index (χ4n) is 1.15. The summed E-state index contributed by atoms with van der Waals surface area (Å²) in [5, 5.41) is 3.16. The van der Waals surface area contributed by atoms with Crippen molar-refractivity contribution in [3.63, 3.8) is 0 Å². The molecule has 0 saturated carbocycles. The maximum Gasteiger partial charge on any atom is 0.131 e. The molecule has 0 aliphatic heterocycles. The summed E-state index contributed by atoms with van der Waals surface area (Å²) < 4.78 is 1.02. The van der Waals surface area contributed by atoms with Crippen molar-refractivity contribution in [1.82, 2.24) is 9.97 Å². The zero-order chi connectivity index (χ0) is 9.97. The molecule has 2 heterocycles. The molecule has 4 heteroatoms. The van der Waals surface area contributed by atoms with Crippen molar-refractivity contribution in [3.05, 3.63) is 40.6 Å². The van der Waals surface area contributed by atoms with Crippen LogP contribution in [0.4, 0.5) is 11.6 Å². The van der Waals surface area contributed by atoms with Crippen molar-refractivity contribution < 1.29 is 0 Å². The number of nitrogens with one attached hydrogen (secondary N) is 2. The summed E-state index contributed by atoms with van der Waals surface area (Å²) >= 11 is 3.41. The van der Waals surface area contributed by atoms with Gasteiger partial charge in [-0.15, -0.1) is 0 Å². The van der Waals surface area contributed by atoms with E-state index in [1.54, 1.807) is 6.20 Å². The van der Waals surface area contributed by atoms with Crippen molar-refractivity contribution >= 4 is 27.6 Å². The minimum atomic E-state index is 0.841. The molecular weight excluding hydrogens is 242 g/mol. The minimum Gasteiger partial charge on any atom is -0.348 e. The SMILES string of the molecule is Cc1cc(Nc2ccc[nH]2)ncc1Br. The van der Waals surface area contributed by atoms with Gasteiger partial charge in [0.05, 0.1) is 0 Å². The second-order valence-electron chi connectivity index (χ2n) is 3.03. The number of aromatic amines is 1. The predicted molar refractivity (Wildman–Crippen MR) is 60.7 cm³/mol. The third-order valence-corrected chi connectivity index (χ3v) is 2.74. The minimum absolute atomic E-state index is 0.841. The molecule has 0 unspecified atom stereocenters. The summed E-state index contributed by atoms with van der Waals surface area (Å²) in [6.07, 6.45) is 3.66. The van der Waals surface area contributed by atoms with Crippen LogP contribution in [-0.4, -0.2) is 9.97 Å². The highest BCUT2D eigenvalue weighted by Gasteiger charge is 1.99. The Morgan fingerprint density at radius 2 is 2.36 bits per heavy atom. The van der Waals surface area contributed by atoms with E-state index in [-0.39, 0.29) is 0 Å². The summed E-state index contributed by atoms with van der Waals surface area (Å²) in [5.41, 5.74) is 1.16. The fourth-order valence-corrected chi connectivity index (χ4v) is 1.37. The summed E-state index contributed by atoms with van der Waals surface area (Å²) in [7, 11) is 0. The molecule has 0 fully saturated rings. The number of rotatable bonds is 2. The van der Waals surface area contributed by atoms with E-state index in [1.165, 1.54) is 0 Å². The van der Waals surface area contributed by atoms with Crippen molar-refractivity contribution in [2.75, 3.05) is 5.32 Å². The first kappa shape index (κ1) is 9.27. The lowest BCUT2D eigenvalue weighted by molar-refractivity contribution is 1.24. The first-order valence-electron chi connectivity index (χ1n) is 4.28. The van der Waals surface area contributed by atoms with Crippen molar-refractivity contribution in [2.45, 2.75) is 6.92 Å². The Hall–Kier alpha value is -1.29. The number of H-pyrrole nitrogens is 1. The summed E-state index contributed by atoms with van der Waals surface area (Å²) in [6.45, 7) is 2.03. The lowest BCUT2D eigenvalue weighted by Gasteiger charge is -2.04. The average Bonchev–Trinajstić information content (AvgIpc) is 2.64. The first-order valence-corrected chi connectivity index (χ1v) is 5.07. The second-order valence-corrected chi connectivity index (χ2v) is 3.88. The van der Waals surface area contributed by atoms with Crippen LogP contribution < -0.4 is 5.32 Å². The van der Waals surface area contributed by atoms with Crippen molar-refractivity contribution in [3.8, 4) is 0 Å². The molecule has 0 aromatic carbocycles. The molecule has 3 nitrogen and oxygen atoms in total. The van der Waals surface area contributed by atoms with E-state index in [0.717, 1.165) is 21.7 Å². The molecular formula is C10H10BrN3. The summed E-state index contributed by atoms with van der Waals surface area (Å²) in [5.74, 6) is 1.78. The van der Waals surface area contributed by atoms with Crippen LogP contribution in [0.3, 0.4) is 0 Å². The normalized spacial score (nSPS) is 10.1. The third-order valence-electron chi connectivity index (χ3n) is 1.91. The molecule has 0 amide bonds. The van der Waals surface area contributed by atoms with E-state index in [1.807, 2.05) is 31.3 Å². The zero-order valence-electron chi connectivity index (χ0n) is 7.71. The monoisotopic (exact) mass is 251 g/mol. The summed E-state index contributed by atoms with van der Waals surface area (Å²) in [6, 6.07) is 5.89. The number of hydrogen-bond acceptors (Lipinski definition) is 2. The molecule has 0 saturated heterocycles. The van der Waals surface area contributed by atoms with E-state index >= 15 is 0 Å². The lowest BCUT2D eigenvalue weighted by atomic mass is 10.3. The first-order chi connectivity index (χ1) is 6.75. The number of nitrogens with zero attached hydrogens (tertiary/aromatic N) is 1. The molecule has 0 aliphatic carbocycles. The number of aryl methyl sites for hydroxylation is 1. The van der Waals surface area contributed by atoms with E-state index in [2.05, 4.69) is 31.2 Å². The van der Waals surface area contributed by atoms with Crippen LogP contribution >= 0.6 is 15.9 Å². The van der Waals surface area contributed by atoms with Crippen LogP contribution in [-0.2, 0) is 0 Å². The molecule has 0 spiro atoms. The molecule has 0 atom stereocenters. The topological polar surface area (TPSA) is 40.7 Å². The average molecular weight is 252 g/mol. The zero-order valence-corrected chi connectivity index (χ0v) is 9.30. The van der Waals surface area contributed by atoms with Crippen LogP contribution in [0.15, 0.2) is 35.1 Å². The number of hydrogen-bond donors (Lipinski definition) is 2. The van der Waals surface area contributed by atoms with E-state index in [0.29, 0.717) is 0 Å². The molecule has 0 radical (unpaired) electrons. The van der Waals surface area contributed by atoms with Gasteiger partial charge in [0.25, 0.3) is 0 Å². The number of halogens is 1. The number of pyridine rings is 1. The molecule has 0 aliphatic rings. The molecule has 2 rings (SSSR count). The smallest absolute Gasteiger partial charge is 0.131 e. The van der Waals surface area contributed by atoms with Crippen LogP contribution in [0.1, 0.15) is 5.56 Å². The maximum absolute atomic E-state index is 4.24. The Morgan fingerprint density at radius 3 is 3.00 bits per heavy atom. The van der Waals surface area contributed by atoms with Crippen LogP contribution in [0.5, 0.6) is 0 Å². The van der Waals surface area contributed by atoms with Gasteiger partial charge < -0.3 is 10.3 Å². The van der Waals surface area contributed by atoms with Crippen molar-refractivity contribution in [2.24, 2.45) is 0 Å². The highest BCUT2D eigenvalue weighted by molar-refractivity contribution is 9.10. The molecule has 72 valence electrons. The predicted octanol–water partition coefficient (Wildman–Crippen LogP) is 3.22. The second kappa shape index (κ2) is 3.84. The number of anilines is 2. The number of aromatic nitrogens is 2. The fraction of sp³-hybridized carbons (Fsp3) is 0.100. The highest BCUT2D eigenvalue weighted by Crippen LogP contribution is 2.19. The van der Waals surface area contributed by atoms with Crippen LogP contribution in [0.2, 0.25) is 0 Å². The van der Waals surface area contributed by atoms with Gasteiger partial charge in [-0.05, 0) is 46.6 Å². The van der Waals surface area contributed by atoms with E-state index in [9.17, 15) is 0 Å². The van der Waals surface area contributed by atoms with Gasteiger partial charge in [0.2, 0.25) is 0 Å².